The van der Waals surface area contributed by atoms with Gasteiger partial charge in [0.1, 0.15) is 5.78 Å². The van der Waals surface area contributed by atoms with E-state index in [0.717, 1.165) is 12.8 Å². The molecule has 1 fully saturated rings. The molecule has 2 rings (SSSR count). The second-order valence-electron chi connectivity index (χ2n) is 3.95. The molecule has 16 heavy (non-hydrogen) atoms. The van der Waals surface area contributed by atoms with Gasteiger partial charge in [-0.25, -0.2) is 9.38 Å². The van der Waals surface area contributed by atoms with E-state index in [4.69, 9.17) is 11.6 Å². The van der Waals surface area contributed by atoms with Gasteiger partial charge in [0.2, 0.25) is 0 Å². The van der Waals surface area contributed by atoms with E-state index in [2.05, 4.69) is 15.6 Å². The molecule has 0 radical (unpaired) electrons. The van der Waals surface area contributed by atoms with Gasteiger partial charge >= 0.3 is 0 Å². The van der Waals surface area contributed by atoms with Crippen LogP contribution in [0, 0.1) is 0 Å². The van der Waals surface area contributed by atoms with Crippen molar-refractivity contribution < 1.29 is 9.18 Å². The Bertz CT molecular complexity index is 356. The van der Waals surface area contributed by atoms with Crippen molar-refractivity contribution in [2.75, 3.05) is 0 Å². The van der Waals surface area contributed by atoms with E-state index in [0.29, 0.717) is 12.8 Å². The van der Waals surface area contributed by atoms with Gasteiger partial charge in [0.15, 0.2) is 17.3 Å². The third-order valence-corrected chi connectivity index (χ3v) is 2.86. The molecule has 1 heterocycles. The predicted molar refractivity (Wildman–Crippen MR) is 59.8 cm³/mol. The van der Waals surface area contributed by atoms with Crippen LogP contribution in [0.4, 0.5) is 4.39 Å². The van der Waals surface area contributed by atoms with Crippen molar-refractivity contribution >= 4 is 23.2 Å². The average Bonchev–Trinajstić information content (AvgIpc) is 2.24. The Balaban J connectivity index is 1.98. The minimum absolute atomic E-state index is 0.0267. The van der Waals surface area contributed by atoms with Gasteiger partial charge in [0, 0.05) is 25.1 Å². The Morgan fingerprint density at radius 1 is 1.62 bits per heavy atom. The van der Waals surface area contributed by atoms with Crippen molar-refractivity contribution in [2.24, 2.45) is 4.99 Å². The Morgan fingerprint density at radius 2 is 2.44 bits per heavy atom. The number of hydrogen-bond donors (Lipinski definition) is 2. The summed E-state index contributed by atoms with van der Waals surface area (Å²) in [6.45, 7) is 0. The van der Waals surface area contributed by atoms with Crippen LogP contribution in [0.2, 0.25) is 0 Å². The van der Waals surface area contributed by atoms with E-state index < -0.39 is 11.5 Å². The summed E-state index contributed by atoms with van der Waals surface area (Å²) in [6.07, 6.45) is 3.95. The first kappa shape index (κ1) is 11.4. The molecule has 0 spiro atoms. The van der Waals surface area contributed by atoms with Crippen LogP contribution in [-0.2, 0) is 4.79 Å². The van der Waals surface area contributed by atoms with Gasteiger partial charge in [-0.2, -0.15) is 0 Å². The fourth-order valence-electron chi connectivity index (χ4n) is 1.87. The van der Waals surface area contributed by atoms with Gasteiger partial charge in [0.05, 0.1) is 0 Å². The van der Waals surface area contributed by atoms with Crippen molar-refractivity contribution in [1.29, 1.82) is 0 Å². The molecule has 0 aromatic carbocycles. The van der Waals surface area contributed by atoms with Crippen molar-refractivity contribution in [2.45, 2.75) is 37.4 Å². The molecule has 1 aliphatic carbocycles. The average molecular weight is 246 g/mol. The van der Waals surface area contributed by atoms with Gasteiger partial charge in [0.25, 0.3) is 0 Å². The lowest BCUT2D eigenvalue weighted by Gasteiger charge is -2.25. The monoisotopic (exact) mass is 245 g/mol. The Morgan fingerprint density at radius 3 is 3.19 bits per heavy atom. The number of rotatable bonds is 1. The lowest BCUT2D eigenvalue weighted by molar-refractivity contribution is -0.120. The van der Waals surface area contributed by atoms with Gasteiger partial charge in [-0.3, -0.25) is 4.79 Å². The van der Waals surface area contributed by atoms with Gasteiger partial charge in [-0.1, -0.05) is 11.6 Å². The number of halogens is 2. The molecule has 0 saturated heterocycles. The first-order valence-corrected chi connectivity index (χ1v) is 5.71. The molecule has 2 N–H and O–H groups in total. The summed E-state index contributed by atoms with van der Waals surface area (Å²) in [5.74, 6) is -0.126. The first-order valence-electron chi connectivity index (χ1n) is 5.27. The summed E-state index contributed by atoms with van der Waals surface area (Å²) in [6, 6.07) is -0.0267. The summed E-state index contributed by atoms with van der Waals surface area (Å²) < 4.78 is 13.3. The van der Waals surface area contributed by atoms with Gasteiger partial charge in [-0.05, 0) is 12.8 Å². The summed E-state index contributed by atoms with van der Waals surface area (Å²) >= 11 is 5.71. The quantitative estimate of drug-likeness (QED) is 0.543. The van der Waals surface area contributed by atoms with Crippen molar-refractivity contribution in [3.63, 3.8) is 0 Å². The summed E-state index contributed by atoms with van der Waals surface area (Å²) in [5.41, 5.74) is -0.652. The van der Waals surface area contributed by atoms with E-state index in [1.807, 2.05) is 0 Å². The highest BCUT2D eigenvalue weighted by Crippen LogP contribution is 2.16. The third-order valence-electron chi connectivity index (χ3n) is 2.64. The highest BCUT2D eigenvalue weighted by Gasteiger charge is 2.23. The van der Waals surface area contributed by atoms with Crippen LogP contribution in [-0.4, -0.2) is 23.3 Å². The van der Waals surface area contributed by atoms with Crippen LogP contribution < -0.4 is 10.6 Å². The van der Waals surface area contributed by atoms with Crippen LogP contribution in [0.15, 0.2) is 17.0 Å². The molecule has 1 aliphatic heterocycles. The van der Waals surface area contributed by atoms with E-state index in [9.17, 15) is 9.18 Å². The SMILES string of the molecule is O=C1CCC[C@H](NC2=NC(Cl)NC=C2F)C1. The second-order valence-corrected chi connectivity index (χ2v) is 4.36. The van der Waals surface area contributed by atoms with Crippen LogP contribution in [0.5, 0.6) is 0 Å². The van der Waals surface area contributed by atoms with Crippen molar-refractivity contribution in [1.82, 2.24) is 10.6 Å². The Hall–Kier alpha value is -1.10. The smallest absolute Gasteiger partial charge is 0.197 e. The third kappa shape index (κ3) is 2.72. The molecule has 4 nitrogen and oxygen atoms in total. The molecule has 0 bridgehead atoms. The second kappa shape index (κ2) is 4.82. The fraction of sp³-hybridized carbons (Fsp3) is 0.600. The number of Topliss-reactive ketones (excluding diaryl/α,β-unsaturated/α-hetero) is 1. The molecule has 2 atom stereocenters. The first-order chi connectivity index (χ1) is 7.65. The molecular formula is C10H13ClFN3O. The Kier molecular flexibility index (Phi) is 3.43. The van der Waals surface area contributed by atoms with Gasteiger partial charge < -0.3 is 10.6 Å². The fourth-order valence-corrected chi connectivity index (χ4v) is 2.03. The molecule has 0 amide bonds. The van der Waals surface area contributed by atoms with Crippen LogP contribution in [0.3, 0.4) is 0 Å². The highest BCUT2D eigenvalue weighted by molar-refractivity contribution is 6.21. The maximum atomic E-state index is 13.3. The van der Waals surface area contributed by atoms with Crippen LogP contribution in [0.1, 0.15) is 25.7 Å². The number of ketones is 1. The maximum Gasteiger partial charge on any atom is 0.197 e. The largest absolute Gasteiger partial charge is 0.365 e. The van der Waals surface area contributed by atoms with E-state index in [1.54, 1.807) is 0 Å². The zero-order valence-corrected chi connectivity index (χ0v) is 9.43. The normalized spacial score (nSPS) is 30.2. The van der Waals surface area contributed by atoms with E-state index >= 15 is 0 Å². The zero-order chi connectivity index (χ0) is 11.5. The van der Waals surface area contributed by atoms with Gasteiger partial charge in [-0.15, -0.1) is 0 Å². The number of hydrogen-bond acceptors (Lipinski definition) is 4. The highest BCUT2D eigenvalue weighted by atomic mass is 35.5. The summed E-state index contributed by atoms with van der Waals surface area (Å²) in [5, 5.41) is 5.47. The topological polar surface area (TPSA) is 53.5 Å². The Labute approximate surface area is 97.9 Å². The minimum Gasteiger partial charge on any atom is -0.365 e. The molecule has 6 heteroatoms. The summed E-state index contributed by atoms with van der Waals surface area (Å²) in [4.78, 5) is 15.1. The number of nitrogens with zero attached hydrogens (tertiary/aromatic N) is 1. The van der Waals surface area contributed by atoms with Crippen LogP contribution in [0.25, 0.3) is 0 Å². The predicted octanol–water partition coefficient (Wildman–Crippen LogP) is 1.42. The number of nitrogens with one attached hydrogen (secondary N) is 2. The van der Waals surface area contributed by atoms with Crippen LogP contribution >= 0.6 is 11.6 Å². The van der Waals surface area contributed by atoms with Crippen molar-refractivity contribution in [3.05, 3.63) is 12.0 Å². The maximum absolute atomic E-state index is 13.3. The number of amidine groups is 1. The van der Waals surface area contributed by atoms with E-state index in [1.165, 1.54) is 6.20 Å². The number of alkyl halides is 1. The molecular weight excluding hydrogens is 233 g/mol. The lowest BCUT2D eigenvalue weighted by atomic mass is 9.94. The number of carbonyl (C=O) groups excluding carboxylic acids is 1. The zero-order valence-electron chi connectivity index (χ0n) is 8.67. The molecule has 2 aliphatic rings. The molecule has 88 valence electrons. The number of carbonyl (C=O) groups is 1. The minimum atomic E-state index is -0.652. The molecule has 1 saturated carbocycles. The molecule has 1 unspecified atom stereocenters. The lowest BCUT2D eigenvalue weighted by Crippen LogP contribution is -2.41. The number of aliphatic imine (C=N–C) groups is 1. The summed E-state index contributed by atoms with van der Waals surface area (Å²) in [7, 11) is 0. The standard InChI is InChI=1S/C10H13ClFN3O/c11-10-13-5-8(12)9(15-10)14-6-2-1-3-7(16)4-6/h5-6,10,13H,1-4H2,(H,14,15)/t6-,10?/m0/s1. The van der Waals surface area contributed by atoms with E-state index in [-0.39, 0.29) is 17.7 Å². The molecule has 0 aromatic rings. The van der Waals surface area contributed by atoms with Crippen molar-refractivity contribution in [3.8, 4) is 0 Å². The molecule has 0 aromatic heterocycles.